The lowest BCUT2D eigenvalue weighted by atomic mass is 9.92. The van der Waals surface area contributed by atoms with Gasteiger partial charge in [0.05, 0.1) is 6.61 Å². The highest BCUT2D eigenvalue weighted by molar-refractivity contribution is 5.72. The summed E-state index contributed by atoms with van der Waals surface area (Å²) in [5.74, 6) is -0.871. The van der Waals surface area contributed by atoms with Crippen LogP contribution in [0, 0.1) is 0 Å². The lowest BCUT2D eigenvalue weighted by Crippen LogP contribution is -2.45. The largest absolute Gasteiger partial charge is 0.479 e. The molecule has 0 heterocycles. The first kappa shape index (κ1) is 14.5. The summed E-state index contributed by atoms with van der Waals surface area (Å²) in [5.41, 5.74) is 5.98. The van der Waals surface area contributed by atoms with E-state index in [1.54, 1.807) is 0 Å². The summed E-state index contributed by atoms with van der Waals surface area (Å²) in [6.45, 7) is 2.34. The van der Waals surface area contributed by atoms with Gasteiger partial charge in [-0.15, -0.1) is 0 Å². The molecule has 1 saturated carbocycles. The molecule has 0 aromatic heterocycles. The first-order valence-electron chi connectivity index (χ1n) is 6.71. The third kappa shape index (κ3) is 5.04. The van der Waals surface area contributed by atoms with Crippen LogP contribution in [0.3, 0.4) is 0 Å². The van der Waals surface area contributed by atoms with E-state index in [1.165, 1.54) is 12.8 Å². The Balaban J connectivity index is 2.42. The normalized spacial score (nSPS) is 21.8. The highest BCUT2D eigenvalue weighted by atomic mass is 16.5. The van der Waals surface area contributed by atoms with Crippen molar-refractivity contribution in [1.29, 1.82) is 0 Å². The van der Waals surface area contributed by atoms with Gasteiger partial charge in [0.15, 0.2) is 6.10 Å². The van der Waals surface area contributed by atoms with Gasteiger partial charge < -0.3 is 15.6 Å². The maximum atomic E-state index is 11.0. The highest BCUT2D eigenvalue weighted by Gasteiger charge is 2.29. The Morgan fingerprint density at radius 1 is 1.35 bits per heavy atom. The molecular weight excluding hydrogens is 218 g/mol. The molecule has 4 heteroatoms. The molecule has 0 saturated heterocycles. The predicted molar refractivity (Wildman–Crippen MR) is 66.9 cm³/mol. The maximum absolute atomic E-state index is 11.0. The number of carboxylic acids is 1. The zero-order valence-corrected chi connectivity index (χ0v) is 10.8. The summed E-state index contributed by atoms with van der Waals surface area (Å²) in [6, 6.07) is 0. The zero-order chi connectivity index (χ0) is 12.7. The van der Waals surface area contributed by atoms with Crippen LogP contribution >= 0.6 is 0 Å². The molecule has 1 aliphatic rings. The van der Waals surface area contributed by atoms with Gasteiger partial charge in [-0.3, -0.25) is 0 Å². The molecule has 0 aromatic carbocycles. The summed E-state index contributed by atoms with van der Waals surface area (Å²) in [6.07, 6.45) is 7.31. The van der Waals surface area contributed by atoms with Crippen molar-refractivity contribution in [3.05, 3.63) is 0 Å². The predicted octanol–water partition coefficient (Wildman–Crippen LogP) is 2.31. The van der Waals surface area contributed by atoms with Gasteiger partial charge in [0.1, 0.15) is 0 Å². The molecule has 1 rings (SSSR count). The molecule has 0 aromatic rings. The van der Waals surface area contributed by atoms with Crippen LogP contribution in [0.15, 0.2) is 0 Å². The van der Waals surface area contributed by atoms with Crippen LogP contribution in [-0.4, -0.2) is 29.3 Å². The van der Waals surface area contributed by atoms with Crippen molar-refractivity contribution >= 4 is 5.97 Å². The Morgan fingerprint density at radius 2 is 1.94 bits per heavy atom. The Labute approximate surface area is 104 Å². The number of rotatable bonds is 6. The second kappa shape index (κ2) is 6.97. The topological polar surface area (TPSA) is 72.5 Å². The van der Waals surface area contributed by atoms with Gasteiger partial charge in [0.25, 0.3) is 0 Å². The SMILES string of the molecule is CCCC(OCC1(N)CCCCCC1)C(=O)O. The quantitative estimate of drug-likeness (QED) is 0.702. The minimum Gasteiger partial charge on any atom is -0.479 e. The summed E-state index contributed by atoms with van der Waals surface area (Å²) >= 11 is 0. The van der Waals surface area contributed by atoms with Crippen LogP contribution in [-0.2, 0) is 9.53 Å². The number of hydrogen-bond acceptors (Lipinski definition) is 3. The van der Waals surface area contributed by atoms with Crippen LogP contribution < -0.4 is 5.73 Å². The third-order valence-corrected chi connectivity index (χ3v) is 3.50. The van der Waals surface area contributed by atoms with Crippen molar-refractivity contribution in [2.75, 3.05) is 6.61 Å². The number of carbonyl (C=O) groups is 1. The van der Waals surface area contributed by atoms with Crippen LogP contribution in [0.2, 0.25) is 0 Å². The number of hydrogen-bond donors (Lipinski definition) is 2. The molecule has 1 fully saturated rings. The summed E-state index contributed by atoms with van der Waals surface area (Å²) < 4.78 is 5.52. The Morgan fingerprint density at radius 3 is 2.41 bits per heavy atom. The minimum absolute atomic E-state index is 0.308. The van der Waals surface area contributed by atoms with E-state index in [-0.39, 0.29) is 5.54 Å². The van der Waals surface area contributed by atoms with E-state index in [2.05, 4.69) is 0 Å². The van der Waals surface area contributed by atoms with Crippen molar-refractivity contribution in [3.63, 3.8) is 0 Å². The molecule has 0 aliphatic heterocycles. The number of nitrogens with two attached hydrogens (primary N) is 1. The Hall–Kier alpha value is -0.610. The number of carboxylic acid groups (broad SMARTS) is 1. The van der Waals surface area contributed by atoms with E-state index >= 15 is 0 Å². The lowest BCUT2D eigenvalue weighted by Gasteiger charge is -2.29. The van der Waals surface area contributed by atoms with Gasteiger partial charge >= 0.3 is 5.97 Å². The first-order chi connectivity index (χ1) is 8.07. The average molecular weight is 243 g/mol. The highest BCUT2D eigenvalue weighted by Crippen LogP contribution is 2.25. The molecule has 0 radical (unpaired) electrons. The summed E-state index contributed by atoms with van der Waals surface area (Å²) in [5, 5.41) is 9.01. The zero-order valence-electron chi connectivity index (χ0n) is 10.8. The van der Waals surface area contributed by atoms with Gasteiger partial charge in [0.2, 0.25) is 0 Å². The minimum atomic E-state index is -0.871. The number of aliphatic carboxylic acids is 1. The first-order valence-corrected chi connectivity index (χ1v) is 6.71. The van der Waals surface area contributed by atoms with Crippen LogP contribution in [0.4, 0.5) is 0 Å². The van der Waals surface area contributed by atoms with E-state index in [0.29, 0.717) is 13.0 Å². The molecule has 1 unspecified atom stereocenters. The molecule has 1 aliphatic carbocycles. The molecule has 100 valence electrons. The average Bonchev–Trinajstić information content (AvgIpc) is 2.49. The van der Waals surface area contributed by atoms with E-state index < -0.39 is 12.1 Å². The molecule has 0 spiro atoms. The fourth-order valence-electron chi connectivity index (χ4n) is 2.38. The van der Waals surface area contributed by atoms with Gasteiger partial charge in [0, 0.05) is 5.54 Å². The fraction of sp³-hybridized carbons (Fsp3) is 0.923. The lowest BCUT2D eigenvalue weighted by molar-refractivity contribution is -0.152. The molecular formula is C13H25NO3. The Bertz CT molecular complexity index is 235. The van der Waals surface area contributed by atoms with Gasteiger partial charge in [-0.25, -0.2) is 4.79 Å². The standard InChI is InChI=1S/C13H25NO3/c1-2-7-11(12(15)16)17-10-13(14)8-5-3-4-6-9-13/h11H,2-10,14H2,1H3,(H,15,16). The van der Waals surface area contributed by atoms with Crippen LogP contribution in [0.1, 0.15) is 58.3 Å². The molecule has 1 atom stereocenters. The van der Waals surface area contributed by atoms with Gasteiger partial charge in [-0.1, -0.05) is 39.0 Å². The molecule has 0 bridgehead atoms. The van der Waals surface area contributed by atoms with E-state index in [4.69, 9.17) is 15.6 Å². The molecule has 4 nitrogen and oxygen atoms in total. The Kier molecular flexibility index (Phi) is 5.92. The monoisotopic (exact) mass is 243 g/mol. The second-order valence-corrected chi connectivity index (χ2v) is 5.20. The van der Waals surface area contributed by atoms with Crippen LogP contribution in [0.25, 0.3) is 0 Å². The van der Waals surface area contributed by atoms with Crippen molar-refractivity contribution in [3.8, 4) is 0 Å². The fourth-order valence-corrected chi connectivity index (χ4v) is 2.38. The van der Waals surface area contributed by atoms with Crippen molar-refractivity contribution in [2.24, 2.45) is 5.73 Å². The third-order valence-electron chi connectivity index (χ3n) is 3.50. The maximum Gasteiger partial charge on any atom is 0.332 e. The van der Waals surface area contributed by atoms with Gasteiger partial charge in [-0.2, -0.15) is 0 Å². The molecule has 17 heavy (non-hydrogen) atoms. The van der Waals surface area contributed by atoms with Crippen molar-refractivity contribution in [1.82, 2.24) is 0 Å². The summed E-state index contributed by atoms with van der Waals surface area (Å²) in [7, 11) is 0. The molecule has 0 amide bonds. The van der Waals surface area contributed by atoms with Crippen molar-refractivity contribution in [2.45, 2.75) is 69.9 Å². The second-order valence-electron chi connectivity index (χ2n) is 5.20. The van der Waals surface area contributed by atoms with E-state index in [0.717, 1.165) is 32.1 Å². The van der Waals surface area contributed by atoms with Crippen LogP contribution in [0.5, 0.6) is 0 Å². The van der Waals surface area contributed by atoms with E-state index in [9.17, 15) is 4.79 Å². The molecule has 3 N–H and O–H groups in total. The summed E-state index contributed by atoms with van der Waals surface area (Å²) in [4.78, 5) is 11.0. The smallest absolute Gasteiger partial charge is 0.332 e. The van der Waals surface area contributed by atoms with Gasteiger partial charge in [-0.05, 0) is 19.3 Å². The number of ether oxygens (including phenoxy) is 1. The van der Waals surface area contributed by atoms with E-state index in [1.807, 2.05) is 6.92 Å². The van der Waals surface area contributed by atoms with Crippen molar-refractivity contribution < 1.29 is 14.6 Å².